The Labute approximate surface area is 107 Å². The maximum atomic E-state index is 9.73. The molecule has 0 saturated carbocycles. The van der Waals surface area contributed by atoms with Gasteiger partial charge in [-0.2, -0.15) is 0 Å². The first-order chi connectivity index (χ1) is 8.67. The van der Waals surface area contributed by atoms with Gasteiger partial charge in [0.15, 0.2) is 0 Å². The van der Waals surface area contributed by atoms with Gasteiger partial charge in [-0.3, -0.25) is 0 Å². The fourth-order valence-corrected chi connectivity index (χ4v) is 1.59. The summed E-state index contributed by atoms with van der Waals surface area (Å²) < 4.78 is 9.84. The Hall–Kier alpha value is -1.30. The molecule has 5 heteroatoms. The maximum Gasteiger partial charge on any atom is 0.123 e. The highest BCUT2D eigenvalue weighted by Crippen LogP contribution is 2.22. The number of aromatic hydroxyl groups is 1. The lowest BCUT2D eigenvalue weighted by Crippen LogP contribution is -2.23. The fraction of sp³-hybridized carbons (Fsp3) is 0.538. The lowest BCUT2D eigenvalue weighted by atomic mass is 10.2. The molecule has 1 rings (SSSR count). The third-order valence-corrected chi connectivity index (χ3v) is 2.62. The van der Waals surface area contributed by atoms with Crippen molar-refractivity contribution in [3.63, 3.8) is 0 Å². The van der Waals surface area contributed by atoms with Crippen LogP contribution < -0.4 is 10.1 Å². The third-order valence-electron chi connectivity index (χ3n) is 2.62. The number of hydrogen-bond acceptors (Lipinski definition) is 5. The molecule has 1 atom stereocenters. The van der Waals surface area contributed by atoms with Gasteiger partial charge in [-0.1, -0.05) is 6.07 Å². The number of aliphatic hydroxyl groups is 1. The molecule has 0 aliphatic carbocycles. The number of benzene rings is 1. The molecule has 3 N–H and O–H groups in total. The van der Waals surface area contributed by atoms with Gasteiger partial charge >= 0.3 is 0 Å². The normalized spacial score (nSPS) is 12.4. The second-order valence-corrected chi connectivity index (χ2v) is 4.07. The molecule has 0 amide bonds. The van der Waals surface area contributed by atoms with E-state index >= 15 is 0 Å². The molecule has 0 spiro atoms. The summed E-state index contributed by atoms with van der Waals surface area (Å²) in [6, 6.07) is 5.19. The molecule has 0 saturated heterocycles. The van der Waals surface area contributed by atoms with E-state index in [9.17, 15) is 10.2 Å². The van der Waals surface area contributed by atoms with Crippen LogP contribution >= 0.6 is 0 Å². The molecule has 1 aromatic carbocycles. The average molecular weight is 255 g/mol. The summed E-state index contributed by atoms with van der Waals surface area (Å²) in [5, 5.41) is 22.3. The molecule has 102 valence electrons. The Morgan fingerprint density at radius 2 is 2.11 bits per heavy atom. The number of rotatable bonds is 8. The van der Waals surface area contributed by atoms with Crippen molar-refractivity contribution in [2.75, 3.05) is 27.4 Å². The van der Waals surface area contributed by atoms with Gasteiger partial charge in [-0.05, 0) is 19.0 Å². The highest BCUT2D eigenvalue weighted by Gasteiger charge is 2.05. The number of methoxy groups -OCH3 is 2. The van der Waals surface area contributed by atoms with Crippen LogP contribution in [0.25, 0.3) is 0 Å². The molecule has 0 aliphatic heterocycles. The summed E-state index contributed by atoms with van der Waals surface area (Å²) in [5.41, 5.74) is 0.803. The number of hydrogen-bond donors (Lipinski definition) is 3. The lowest BCUT2D eigenvalue weighted by molar-refractivity contribution is 0.0594. The molecule has 5 nitrogen and oxygen atoms in total. The van der Waals surface area contributed by atoms with Crippen molar-refractivity contribution in [2.45, 2.75) is 19.1 Å². The molecule has 0 bridgehead atoms. The average Bonchev–Trinajstić information content (AvgIpc) is 2.36. The van der Waals surface area contributed by atoms with E-state index in [-0.39, 0.29) is 5.75 Å². The number of nitrogens with one attached hydrogen (secondary N) is 1. The SMILES string of the molecule is COCC(O)CCNCc1ccc(OC)cc1O. The van der Waals surface area contributed by atoms with Crippen LogP contribution in [0.2, 0.25) is 0 Å². The monoisotopic (exact) mass is 255 g/mol. The van der Waals surface area contributed by atoms with Gasteiger partial charge in [0, 0.05) is 25.3 Å². The van der Waals surface area contributed by atoms with Crippen LogP contribution in [0.5, 0.6) is 11.5 Å². The van der Waals surface area contributed by atoms with Crippen molar-refractivity contribution >= 4 is 0 Å². The Bertz CT molecular complexity index is 357. The smallest absolute Gasteiger partial charge is 0.123 e. The molecular weight excluding hydrogens is 234 g/mol. The predicted molar refractivity (Wildman–Crippen MR) is 68.9 cm³/mol. The third kappa shape index (κ3) is 4.91. The van der Waals surface area contributed by atoms with Crippen molar-refractivity contribution in [3.05, 3.63) is 23.8 Å². The van der Waals surface area contributed by atoms with Gasteiger partial charge in [0.25, 0.3) is 0 Å². The lowest BCUT2D eigenvalue weighted by Gasteiger charge is -2.11. The van der Waals surface area contributed by atoms with E-state index in [1.807, 2.05) is 6.07 Å². The molecule has 1 unspecified atom stereocenters. The second kappa shape index (κ2) is 7.92. The zero-order valence-corrected chi connectivity index (χ0v) is 10.8. The van der Waals surface area contributed by atoms with Gasteiger partial charge in [0.05, 0.1) is 19.8 Å². The zero-order valence-electron chi connectivity index (χ0n) is 10.8. The zero-order chi connectivity index (χ0) is 13.4. The minimum absolute atomic E-state index is 0.208. The minimum atomic E-state index is -0.452. The van der Waals surface area contributed by atoms with Crippen LogP contribution in [0, 0.1) is 0 Å². The van der Waals surface area contributed by atoms with E-state index < -0.39 is 6.10 Å². The molecule has 0 heterocycles. The molecule has 0 fully saturated rings. The maximum absolute atomic E-state index is 9.73. The van der Waals surface area contributed by atoms with E-state index in [0.717, 1.165) is 5.56 Å². The van der Waals surface area contributed by atoms with E-state index in [0.29, 0.717) is 31.9 Å². The first-order valence-corrected chi connectivity index (χ1v) is 5.91. The quantitative estimate of drug-likeness (QED) is 0.602. The standard InChI is InChI=1S/C13H21NO4/c1-17-9-11(15)5-6-14-8-10-3-4-12(18-2)7-13(10)16/h3-4,7,11,14-16H,5-6,8-9H2,1-2H3. The highest BCUT2D eigenvalue weighted by atomic mass is 16.5. The molecular formula is C13H21NO4. The van der Waals surface area contributed by atoms with Crippen molar-refractivity contribution in [1.82, 2.24) is 5.32 Å². The molecule has 18 heavy (non-hydrogen) atoms. The summed E-state index contributed by atoms with van der Waals surface area (Å²) in [4.78, 5) is 0. The highest BCUT2D eigenvalue weighted by molar-refractivity contribution is 5.39. The minimum Gasteiger partial charge on any atom is -0.507 e. The van der Waals surface area contributed by atoms with Gasteiger partial charge in [0.2, 0.25) is 0 Å². The number of ether oxygens (including phenoxy) is 2. The second-order valence-electron chi connectivity index (χ2n) is 4.07. The first kappa shape index (κ1) is 14.8. The van der Waals surface area contributed by atoms with Crippen molar-refractivity contribution in [3.8, 4) is 11.5 Å². The number of phenolic OH excluding ortho intramolecular Hbond substituents is 1. The summed E-state index contributed by atoms with van der Waals surface area (Å²) in [6.45, 7) is 1.56. The molecule has 0 aliphatic rings. The van der Waals surface area contributed by atoms with E-state index in [4.69, 9.17) is 9.47 Å². The van der Waals surface area contributed by atoms with Crippen LogP contribution in [0.3, 0.4) is 0 Å². The Morgan fingerprint density at radius 3 is 2.72 bits per heavy atom. The van der Waals surface area contributed by atoms with E-state index in [1.165, 1.54) is 0 Å². The summed E-state index contributed by atoms with van der Waals surface area (Å²) in [7, 11) is 3.12. The predicted octanol–water partition coefficient (Wildman–Crippen LogP) is 0.888. The summed E-state index contributed by atoms with van der Waals surface area (Å²) in [5.74, 6) is 0.839. The van der Waals surface area contributed by atoms with E-state index in [2.05, 4.69) is 5.32 Å². The van der Waals surface area contributed by atoms with E-state index in [1.54, 1.807) is 26.4 Å². The largest absolute Gasteiger partial charge is 0.507 e. The summed E-state index contributed by atoms with van der Waals surface area (Å²) >= 11 is 0. The van der Waals surface area contributed by atoms with Crippen LogP contribution in [0.15, 0.2) is 18.2 Å². The summed E-state index contributed by atoms with van der Waals surface area (Å²) in [6.07, 6.45) is 0.164. The molecule has 1 aromatic rings. The number of aliphatic hydroxyl groups excluding tert-OH is 1. The van der Waals surface area contributed by atoms with Crippen molar-refractivity contribution < 1.29 is 19.7 Å². The topological polar surface area (TPSA) is 71.0 Å². The fourth-order valence-electron chi connectivity index (χ4n) is 1.59. The van der Waals surface area contributed by atoms with Gasteiger partial charge in [-0.25, -0.2) is 0 Å². The Kier molecular flexibility index (Phi) is 6.49. The van der Waals surface area contributed by atoms with Gasteiger partial charge in [0.1, 0.15) is 11.5 Å². The molecule has 0 aromatic heterocycles. The van der Waals surface area contributed by atoms with Gasteiger partial charge in [-0.15, -0.1) is 0 Å². The van der Waals surface area contributed by atoms with Crippen LogP contribution in [-0.2, 0) is 11.3 Å². The Balaban J connectivity index is 2.31. The van der Waals surface area contributed by atoms with Crippen LogP contribution in [0.4, 0.5) is 0 Å². The first-order valence-electron chi connectivity index (χ1n) is 5.91. The van der Waals surface area contributed by atoms with Crippen LogP contribution in [-0.4, -0.2) is 43.7 Å². The van der Waals surface area contributed by atoms with Crippen molar-refractivity contribution in [1.29, 1.82) is 0 Å². The van der Waals surface area contributed by atoms with Crippen LogP contribution in [0.1, 0.15) is 12.0 Å². The van der Waals surface area contributed by atoms with Crippen molar-refractivity contribution in [2.24, 2.45) is 0 Å². The number of phenols is 1. The Morgan fingerprint density at radius 1 is 1.33 bits per heavy atom. The molecule has 0 radical (unpaired) electrons. The van der Waals surface area contributed by atoms with Gasteiger partial charge < -0.3 is 25.0 Å².